The minimum Gasteiger partial charge on any atom is -0.368 e. The predicted molar refractivity (Wildman–Crippen MR) is 67.4 cm³/mol. The zero-order valence-corrected chi connectivity index (χ0v) is 10.3. The smallest absolute Gasteiger partial charge is 0.236 e. The number of carbonyl (C=O) groups is 2. The lowest BCUT2D eigenvalue weighted by molar-refractivity contribution is -0.120. The lowest BCUT2D eigenvalue weighted by Crippen LogP contribution is -2.36. The Morgan fingerprint density at radius 1 is 1.50 bits per heavy atom. The highest BCUT2D eigenvalue weighted by molar-refractivity contribution is 6.31. The predicted octanol–water partition coefficient (Wildman–Crippen LogP) is 0.377. The lowest BCUT2D eigenvalue weighted by atomic mass is 9.79. The van der Waals surface area contributed by atoms with E-state index in [9.17, 15) is 9.59 Å². The summed E-state index contributed by atoms with van der Waals surface area (Å²) in [5, 5.41) is 6.40. The van der Waals surface area contributed by atoms with Gasteiger partial charge in [-0.25, -0.2) is 0 Å². The molecule has 0 aromatic heterocycles. The van der Waals surface area contributed by atoms with Crippen molar-refractivity contribution in [1.82, 2.24) is 5.32 Å². The molecule has 1 saturated heterocycles. The van der Waals surface area contributed by atoms with Crippen molar-refractivity contribution in [3.63, 3.8) is 0 Å². The Hall–Kier alpha value is -1.59. The number of nitrogens with two attached hydrogens (primary N) is 1. The highest BCUT2D eigenvalue weighted by atomic mass is 35.5. The molecule has 3 rings (SSSR count). The molecule has 4 N–H and O–H groups in total. The van der Waals surface area contributed by atoms with Crippen molar-refractivity contribution in [2.75, 3.05) is 11.9 Å². The van der Waals surface area contributed by atoms with Crippen LogP contribution in [0.5, 0.6) is 0 Å². The van der Waals surface area contributed by atoms with Crippen LogP contribution in [0.4, 0.5) is 5.69 Å². The molecule has 1 aromatic rings. The second-order valence-corrected chi connectivity index (χ2v) is 5.20. The van der Waals surface area contributed by atoms with Gasteiger partial charge in [0, 0.05) is 17.3 Å². The van der Waals surface area contributed by atoms with Crippen LogP contribution >= 0.6 is 11.6 Å². The first-order chi connectivity index (χ1) is 8.53. The zero-order valence-electron chi connectivity index (χ0n) is 9.50. The fourth-order valence-electron chi connectivity index (χ4n) is 2.76. The molecule has 1 fully saturated rings. The third kappa shape index (κ3) is 1.44. The third-order valence-corrected chi connectivity index (χ3v) is 3.96. The molecule has 2 aliphatic heterocycles. The largest absolute Gasteiger partial charge is 0.368 e. The van der Waals surface area contributed by atoms with Crippen molar-refractivity contribution in [2.24, 2.45) is 5.73 Å². The molecule has 0 unspecified atom stereocenters. The topological polar surface area (TPSA) is 84.2 Å². The van der Waals surface area contributed by atoms with E-state index in [1.54, 1.807) is 18.2 Å². The van der Waals surface area contributed by atoms with Gasteiger partial charge < -0.3 is 16.4 Å². The summed E-state index contributed by atoms with van der Waals surface area (Å²) >= 11 is 5.98. The molecular formula is C12H12ClN3O2. The summed E-state index contributed by atoms with van der Waals surface area (Å²) in [5.74, 6) is -0.536. The van der Waals surface area contributed by atoms with Gasteiger partial charge in [-0.1, -0.05) is 11.6 Å². The number of halogens is 1. The molecule has 1 aromatic carbocycles. The SMILES string of the molecule is NC(=O)[C@@H]1C[C@@]2(CN1)C(=O)Nc1ccc(Cl)cc12. The summed E-state index contributed by atoms with van der Waals surface area (Å²) in [5.41, 5.74) is 6.17. The number of carbonyl (C=O) groups excluding carboxylic acids is 2. The van der Waals surface area contributed by atoms with Crippen LogP contribution < -0.4 is 16.4 Å². The summed E-state index contributed by atoms with van der Waals surface area (Å²) in [7, 11) is 0. The molecule has 18 heavy (non-hydrogen) atoms. The van der Waals surface area contributed by atoms with E-state index in [1.165, 1.54) is 0 Å². The summed E-state index contributed by atoms with van der Waals surface area (Å²) in [6.45, 7) is 0.403. The second kappa shape index (κ2) is 3.70. The normalized spacial score (nSPS) is 29.4. The van der Waals surface area contributed by atoms with E-state index < -0.39 is 17.4 Å². The summed E-state index contributed by atoms with van der Waals surface area (Å²) in [6.07, 6.45) is 0.376. The van der Waals surface area contributed by atoms with Gasteiger partial charge in [0.25, 0.3) is 0 Å². The zero-order chi connectivity index (χ0) is 12.9. The van der Waals surface area contributed by atoms with Crippen LogP contribution in [-0.2, 0) is 15.0 Å². The van der Waals surface area contributed by atoms with Crippen LogP contribution in [0.3, 0.4) is 0 Å². The van der Waals surface area contributed by atoms with Crippen LogP contribution in [0.25, 0.3) is 0 Å². The average molecular weight is 266 g/mol. The van der Waals surface area contributed by atoms with E-state index in [0.29, 0.717) is 18.0 Å². The number of anilines is 1. The molecule has 6 heteroatoms. The van der Waals surface area contributed by atoms with E-state index in [4.69, 9.17) is 17.3 Å². The van der Waals surface area contributed by atoms with Crippen molar-refractivity contribution in [3.8, 4) is 0 Å². The maximum absolute atomic E-state index is 12.2. The number of benzene rings is 1. The molecule has 2 amide bonds. The van der Waals surface area contributed by atoms with Crippen molar-refractivity contribution in [2.45, 2.75) is 17.9 Å². The van der Waals surface area contributed by atoms with E-state index in [1.807, 2.05) is 0 Å². The van der Waals surface area contributed by atoms with Crippen LogP contribution in [0.15, 0.2) is 18.2 Å². The first-order valence-corrected chi connectivity index (χ1v) is 6.05. The number of hydrogen-bond acceptors (Lipinski definition) is 3. The van der Waals surface area contributed by atoms with Crippen LogP contribution in [0.1, 0.15) is 12.0 Å². The first kappa shape index (κ1) is 11.5. The highest BCUT2D eigenvalue weighted by Gasteiger charge is 2.52. The van der Waals surface area contributed by atoms with Gasteiger partial charge in [-0.15, -0.1) is 0 Å². The molecule has 0 bridgehead atoms. The minimum absolute atomic E-state index is 0.101. The fourth-order valence-corrected chi connectivity index (χ4v) is 2.93. The van der Waals surface area contributed by atoms with E-state index in [0.717, 1.165) is 11.3 Å². The third-order valence-electron chi connectivity index (χ3n) is 3.73. The van der Waals surface area contributed by atoms with Crippen LogP contribution in [0.2, 0.25) is 5.02 Å². The van der Waals surface area contributed by atoms with E-state index in [2.05, 4.69) is 10.6 Å². The Kier molecular flexibility index (Phi) is 2.36. The van der Waals surface area contributed by atoms with Crippen molar-refractivity contribution >= 4 is 29.1 Å². The molecule has 0 saturated carbocycles. The van der Waals surface area contributed by atoms with Crippen molar-refractivity contribution in [1.29, 1.82) is 0 Å². The number of fused-ring (bicyclic) bond motifs is 2. The summed E-state index contributed by atoms with van der Waals surface area (Å²) < 4.78 is 0. The number of rotatable bonds is 1. The van der Waals surface area contributed by atoms with Gasteiger partial charge in [-0.3, -0.25) is 9.59 Å². The Bertz CT molecular complexity index is 560. The number of amides is 2. The Morgan fingerprint density at radius 3 is 2.94 bits per heavy atom. The van der Waals surface area contributed by atoms with Gasteiger partial charge in [0.1, 0.15) is 0 Å². The molecule has 2 aliphatic rings. The standard InChI is InChI=1S/C12H12ClN3O2/c13-6-1-2-8-7(3-6)12(11(18)16-8)4-9(10(14)17)15-5-12/h1-3,9,15H,4-5H2,(H2,14,17)(H,16,18)/t9-,12-/m0/s1. The van der Waals surface area contributed by atoms with Crippen molar-refractivity contribution in [3.05, 3.63) is 28.8 Å². The monoisotopic (exact) mass is 265 g/mol. The van der Waals surface area contributed by atoms with E-state index in [-0.39, 0.29) is 5.91 Å². The highest BCUT2D eigenvalue weighted by Crippen LogP contribution is 2.44. The van der Waals surface area contributed by atoms with Gasteiger partial charge in [-0.05, 0) is 30.2 Å². The summed E-state index contributed by atoms with van der Waals surface area (Å²) in [4.78, 5) is 23.4. The molecule has 94 valence electrons. The number of nitrogens with one attached hydrogen (secondary N) is 2. The average Bonchev–Trinajstić information content (AvgIpc) is 2.86. The quantitative estimate of drug-likeness (QED) is 0.686. The van der Waals surface area contributed by atoms with E-state index >= 15 is 0 Å². The van der Waals surface area contributed by atoms with Gasteiger partial charge in [0.15, 0.2) is 0 Å². The lowest BCUT2D eigenvalue weighted by Gasteiger charge is -2.20. The Morgan fingerprint density at radius 2 is 2.28 bits per heavy atom. The molecule has 5 nitrogen and oxygen atoms in total. The number of hydrogen-bond donors (Lipinski definition) is 3. The second-order valence-electron chi connectivity index (χ2n) is 4.77. The van der Waals surface area contributed by atoms with Crippen LogP contribution in [0, 0.1) is 0 Å². The van der Waals surface area contributed by atoms with Crippen molar-refractivity contribution < 1.29 is 9.59 Å². The molecule has 1 spiro atoms. The number of primary amides is 1. The maximum atomic E-state index is 12.2. The molecular weight excluding hydrogens is 254 g/mol. The Labute approximate surface area is 109 Å². The fraction of sp³-hybridized carbons (Fsp3) is 0.333. The van der Waals surface area contributed by atoms with Gasteiger partial charge >= 0.3 is 0 Å². The maximum Gasteiger partial charge on any atom is 0.236 e. The summed E-state index contributed by atoms with van der Waals surface area (Å²) in [6, 6.07) is 4.82. The van der Waals surface area contributed by atoms with Gasteiger partial charge in [-0.2, -0.15) is 0 Å². The van der Waals surface area contributed by atoms with Crippen LogP contribution in [-0.4, -0.2) is 24.4 Å². The minimum atomic E-state index is -0.722. The van der Waals surface area contributed by atoms with Gasteiger partial charge in [0.05, 0.1) is 11.5 Å². The first-order valence-electron chi connectivity index (χ1n) is 5.67. The molecule has 2 heterocycles. The Balaban J connectivity index is 2.06. The molecule has 0 radical (unpaired) electrons. The van der Waals surface area contributed by atoms with Gasteiger partial charge in [0.2, 0.25) is 11.8 Å². The molecule has 0 aliphatic carbocycles. The molecule has 2 atom stereocenters.